The van der Waals surface area contributed by atoms with Crippen LogP contribution < -0.4 is 0 Å². The van der Waals surface area contributed by atoms with Crippen LogP contribution in [0.5, 0.6) is 0 Å². The summed E-state index contributed by atoms with van der Waals surface area (Å²) in [5.41, 5.74) is 0.384. The van der Waals surface area contributed by atoms with Crippen molar-refractivity contribution < 1.29 is 14.3 Å². The lowest BCUT2D eigenvalue weighted by Gasteiger charge is -2.43. The molecule has 4 rings (SSSR count). The van der Waals surface area contributed by atoms with Crippen LogP contribution >= 0.6 is 11.3 Å². The van der Waals surface area contributed by atoms with Crippen LogP contribution in [0.15, 0.2) is 35.2 Å². The Kier molecular flexibility index (Phi) is 3.81. The molecule has 8 nitrogen and oxygen atoms in total. The number of likely N-dealkylation sites (tertiary alicyclic amines) is 1. The molecule has 1 fully saturated rings. The molecule has 3 aromatic rings. The van der Waals surface area contributed by atoms with Crippen molar-refractivity contribution in [3.63, 3.8) is 0 Å². The second-order valence-corrected chi connectivity index (χ2v) is 7.26. The molecule has 1 saturated heterocycles. The van der Waals surface area contributed by atoms with Crippen LogP contribution in [0.25, 0.3) is 10.6 Å². The van der Waals surface area contributed by atoms with Crippen LogP contribution in [-0.2, 0) is 6.42 Å². The molecule has 0 aliphatic carbocycles. The van der Waals surface area contributed by atoms with E-state index in [1.165, 1.54) is 22.5 Å². The van der Waals surface area contributed by atoms with E-state index in [0.717, 1.165) is 15.6 Å². The highest BCUT2D eigenvalue weighted by atomic mass is 32.1. The van der Waals surface area contributed by atoms with Gasteiger partial charge in [-0.1, -0.05) is 11.3 Å². The fourth-order valence-corrected chi connectivity index (χ4v) is 3.47. The third kappa shape index (κ3) is 3.28. The molecule has 1 aliphatic heterocycles. The Morgan fingerprint density at radius 3 is 2.84 bits per heavy atom. The molecule has 25 heavy (non-hydrogen) atoms. The monoisotopic (exact) mass is 357 g/mol. The van der Waals surface area contributed by atoms with E-state index in [-0.39, 0.29) is 11.6 Å². The van der Waals surface area contributed by atoms with Gasteiger partial charge >= 0.3 is 0 Å². The van der Waals surface area contributed by atoms with E-state index in [1.807, 2.05) is 12.1 Å². The number of pyridine rings is 1. The van der Waals surface area contributed by atoms with Crippen LogP contribution in [-0.4, -0.2) is 54.8 Å². The molecule has 9 heteroatoms. The molecule has 1 N–H and O–H groups in total. The first kappa shape index (κ1) is 15.9. The molecule has 0 saturated carbocycles. The minimum absolute atomic E-state index is 0.240. The van der Waals surface area contributed by atoms with Gasteiger partial charge in [0.15, 0.2) is 5.69 Å². The van der Waals surface area contributed by atoms with Crippen LogP contribution in [0.1, 0.15) is 28.3 Å². The highest BCUT2D eigenvalue weighted by molar-refractivity contribution is 7.14. The van der Waals surface area contributed by atoms with Crippen LogP contribution in [0.3, 0.4) is 0 Å². The first-order valence-corrected chi connectivity index (χ1v) is 8.51. The van der Waals surface area contributed by atoms with Gasteiger partial charge in [-0.2, -0.15) is 0 Å². The number of β-amino-alcohol motifs (C(OH)–C–C–N with tert-alkyl or cyclic N) is 1. The number of hydrogen-bond acceptors (Lipinski definition) is 8. The second-order valence-electron chi connectivity index (χ2n) is 6.20. The zero-order chi connectivity index (χ0) is 17.4. The molecular formula is C16H15N5O3S. The van der Waals surface area contributed by atoms with Gasteiger partial charge in [0.25, 0.3) is 5.91 Å². The van der Waals surface area contributed by atoms with Gasteiger partial charge in [-0.15, -0.1) is 10.2 Å². The quantitative estimate of drug-likeness (QED) is 0.752. The summed E-state index contributed by atoms with van der Waals surface area (Å²) < 4.78 is 5.38. The Hall–Kier alpha value is -2.65. The molecule has 0 spiro atoms. The van der Waals surface area contributed by atoms with Crippen LogP contribution in [0.4, 0.5) is 0 Å². The molecule has 0 aromatic carbocycles. The number of amides is 1. The molecule has 0 radical (unpaired) electrons. The van der Waals surface area contributed by atoms with Gasteiger partial charge in [0.1, 0.15) is 16.3 Å². The third-order valence-corrected chi connectivity index (χ3v) is 4.79. The first-order chi connectivity index (χ1) is 12.0. The van der Waals surface area contributed by atoms with E-state index in [2.05, 4.69) is 20.2 Å². The van der Waals surface area contributed by atoms with E-state index < -0.39 is 5.60 Å². The SMILES string of the molecule is CC1(O)CN(C(=O)c2coc(Cc3nnc(-c4ccncc4)s3)n2)C1. The average molecular weight is 357 g/mol. The number of rotatable bonds is 4. The van der Waals surface area contributed by atoms with Crippen molar-refractivity contribution in [1.82, 2.24) is 25.1 Å². The summed E-state index contributed by atoms with van der Waals surface area (Å²) >= 11 is 1.44. The van der Waals surface area contributed by atoms with Gasteiger partial charge < -0.3 is 14.4 Å². The van der Waals surface area contributed by atoms with Crippen molar-refractivity contribution in [1.29, 1.82) is 0 Å². The van der Waals surface area contributed by atoms with Gasteiger partial charge in [-0.25, -0.2) is 4.98 Å². The third-order valence-electron chi connectivity index (χ3n) is 3.82. The van der Waals surface area contributed by atoms with Crippen molar-refractivity contribution in [2.75, 3.05) is 13.1 Å². The van der Waals surface area contributed by atoms with Gasteiger partial charge in [0.2, 0.25) is 5.89 Å². The predicted octanol–water partition coefficient (Wildman–Crippen LogP) is 1.39. The van der Waals surface area contributed by atoms with Crippen LogP contribution in [0.2, 0.25) is 0 Å². The summed E-state index contributed by atoms with van der Waals surface area (Å²) in [6.07, 6.45) is 5.12. The molecule has 0 unspecified atom stereocenters. The first-order valence-electron chi connectivity index (χ1n) is 7.69. The van der Waals surface area contributed by atoms with Gasteiger partial charge in [-0.05, 0) is 19.1 Å². The van der Waals surface area contributed by atoms with Crippen molar-refractivity contribution >= 4 is 17.2 Å². The molecule has 1 aliphatic rings. The number of nitrogens with zero attached hydrogens (tertiary/aromatic N) is 5. The van der Waals surface area contributed by atoms with E-state index >= 15 is 0 Å². The number of hydrogen-bond donors (Lipinski definition) is 1. The Morgan fingerprint density at radius 1 is 1.36 bits per heavy atom. The fraction of sp³-hybridized carbons (Fsp3) is 0.312. The number of carbonyl (C=O) groups is 1. The number of aromatic nitrogens is 4. The predicted molar refractivity (Wildman–Crippen MR) is 89.0 cm³/mol. The van der Waals surface area contributed by atoms with E-state index in [1.54, 1.807) is 19.3 Å². The molecule has 1 amide bonds. The summed E-state index contributed by atoms with van der Waals surface area (Å²) in [6, 6.07) is 3.74. The molecule has 0 atom stereocenters. The van der Waals surface area contributed by atoms with E-state index in [4.69, 9.17) is 4.42 Å². The maximum Gasteiger partial charge on any atom is 0.276 e. The lowest BCUT2D eigenvalue weighted by atomic mass is 9.97. The van der Waals surface area contributed by atoms with Crippen molar-refractivity contribution in [2.24, 2.45) is 0 Å². The van der Waals surface area contributed by atoms with E-state index in [9.17, 15) is 9.90 Å². The molecule has 0 bridgehead atoms. The minimum atomic E-state index is -0.807. The molecule has 3 aromatic heterocycles. The van der Waals surface area contributed by atoms with Crippen molar-refractivity contribution in [2.45, 2.75) is 18.9 Å². The normalized spacial score (nSPS) is 15.8. The fourth-order valence-electron chi connectivity index (χ4n) is 2.64. The Balaban J connectivity index is 1.43. The van der Waals surface area contributed by atoms with Gasteiger partial charge in [0, 0.05) is 18.0 Å². The van der Waals surface area contributed by atoms with Gasteiger partial charge in [0.05, 0.1) is 25.1 Å². The number of oxazole rings is 1. The van der Waals surface area contributed by atoms with Crippen molar-refractivity contribution in [3.8, 4) is 10.6 Å². The summed E-state index contributed by atoms with van der Waals surface area (Å²) in [6.45, 7) is 2.31. The summed E-state index contributed by atoms with van der Waals surface area (Å²) in [5, 5.41) is 19.6. The highest BCUT2D eigenvalue weighted by Gasteiger charge is 2.40. The standard InChI is InChI=1S/C16H15N5O3S/c1-16(23)8-21(9-16)15(22)11-7-24-12(18-11)6-13-19-20-14(25-13)10-2-4-17-5-3-10/h2-5,7,23H,6,8-9H2,1H3. The lowest BCUT2D eigenvalue weighted by Crippen LogP contribution is -2.61. The van der Waals surface area contributed by atoms with Crippen molar-refractivity contribution in [3.05, 3.63) is 47.4 Å². The average Bonchev–Trinajstić information content (AvgIpc) is 3.23. The summed E-state index contributed by atoms with van der Waals surface area (Å²) in [5.74, 6) is 0.171. The Morgan fingerprint density at radius 2 is 2.12 bits per heavy atom. The van der Waals surface area contributed by atoms with E-state index in [0.29, 0.717) is 25.4 Å². The molecule has 128 valence electrons. The number of aliphatic hydroxyl groups is 1. The highest BCUT2D eigenvalue weighted by Crippen LogP contribution is 2.25. The van der Waals surface area contributed by atoms with Crippen LogP contribution in [0, 0.1) is 0 Å². The zero-order valence-electron chi connectivity index (χ0n) is 13.4. The maximum atomic E-state index is 12.2. The Labute approximate surface area is 147 Å². The molecule has 4 heterocycles. The maximum absolute atomic E-state index is 12.2. The second kappa shape index (κ2) is 6.01. The summed E-state index contributed by atoms with van der Waals surface area (Å²) in [4.78, 5) is 22.0. The smallest absolute Gasteiger partial charge is 0.276 e. The topological polar surface area (TPSA) is 105 Å². The van der Waals surface area contributed by atoms with Gasteiger partial charge in [-0.3, -0.25) is 9.78 Å². The zero-order valence-corrected chi connectivity index (χ0v) is 14.2. The molecular weight excluding hydrogens is 342 g/mol. The lowest BCUT2D eigenvalue weighted by molar-refractivity contribution is -0.0670. The Bertz CT molecular complexity index is 897. The number of carbonyl (C=O) groups excluding carboxylic acids is 1. The minimum Gasteiger partial charge on any atom is -0.448 e. The largest absolute Gasteiger partial charge is 0.448 e. The summed E-state index contributed by atoms with van der Waals surface area (Å²) in [7, 11) is 0.